The van der Waals surface area contributed by atoms with Gasteiger partial charge in [-0.3, -0.25) is 4.79 Å². The second-order valence-corrected chi connectivity index (χ2v) is 5.41. The molecule has 0 aliphatic heterocycles. The van der Waals surface area contributed by atoms with Crippen LogP contribution in [0.1, 0.15) is 15.9 Å². The molecule has 0 aliphatic rings. The Morgan fingerprint density at radius 2 is 2.00 bits per heavy atom. The fourth-order valence-electron chi connectivity index (χ4n) is 2.54. The molecule has 1 aromatic heterocycles. The third-order valence-electron chi connectivity index (χ3n) is 3.71. The van der Waals surface area contributed by atoms with Gasteiger partial charge < -0.3 is 4.74 Å². The minimum absolute atomic E-state index is 0.459. The molecule has 0 radical (unpaired) electrons. The van der Waals surface area contributed by atoms with Crippen molar-refractivity contribution < 1.29 is 9.53 Å². The largest absolute Gasteiger partial charge is 0.490 e. The highest BCUT2D eigenvalue weighted by molar-refractivity contribution is 5.86. The van der Waals surface area contributed by atoms with Crippen LogP contribution >= 0.6 is 0 Å². The highest BCUT2D eigenvalue weighted by Gasteiger charge is 2.14. The lowest BCUT2D eigenvalue weighted by molar-refractivity contribution is 0.112. The number of para-hydroxylation sites is 1. The summed E-state index contributed by atoms with van der Waals surface area (Å²) in [5, 5.41) is 4.60. The van der Waals surface area contributed by atoms with Gasteiger partial charge in [0.15, 0.2) is 6.29 Å². The summed E-state index contributed by atoms with van der Waals surface area (Å²) >= 11 is 0. The summed E-state index contributed by atoms with van der Waals surface area (Å²) in [6.45, 7) is 6.08. The summed E-state index contributed by atoms with van der Waals surface area (Å²) in [6.07, 6.45) is 4.29. The van der Waals surface area contributed by atoms with Gasteiger partial charge in [-0.2, -0.15) is 5.10 Å². The minimum Gasteiger partial charge on any atom is -0.490 e. The molecule has 0 saturated carbocycles. The van der Waals surface area contributed by atoms with Crippen LogP contribution < -0.4 is 4.74 Å². The quantitative estimate of drug-likeness (QED) is 0.505. The van der Waals surface area contributed by atoms with Gasteiger partial charge in [0.05, 0.1) is 11.3 Å². The highest BCUT2D eigenvalue weighted by atomic mass is 16.5. The fourth-order valence-corrected chi connectivity index (χ4v) is 2.54. The molecule has 2 aromatic carbocycles. The van der Waals surface area contributed by atoms with Crippen LogP contribution in [-0.2, 0) is 0 Å². The Morgan fingerprint density at radius 1 is 1.21 bits per heavy atom. The van der Waals surface area contributed by atoms with Crippen molar-refractivity contribution in [2.75, 3.05) is 6.61 Å². The van der Waals surface area contributed by atoms with Crippen LogP contribution in [0.4, 0.5) is 0 Å². The maximum atomic E-state index is 11.5. The van der Waals surface area contributed by atoms with Gasteiger partial charge >= 0.3 is 0 Å². The first-order valence-corrected chi connectivity index (χ1v) is 7.68. The Hall–Kier alpha value is -3.14. The van der Waals surface area contributed by atoms with Crippen LogP contribution in [0.25, 0.3) is 16.9 Å². The van der Waals surface area contributed by atoms with Gasteiger partial charge in [-0.25, -0.2) is 4.68 Å². The number of carbonyl (C=O) groups is 1. The Morgan fingerprint density at radius 3 is 2.67 bits per heavy atom. The molecule has 0 bridgehead atoms. The van der Waals surface area contributed by atoms with E-state index in [2.05, 4.69) is 11.7 Å². The summed E-state index contributed by atoms with van der Waals surface area (Å²) in [6, 6.07) is 15.5. The van der Waals surface area contributed by atoms with E-state index in [1.165, 1.54) is 0 Å². The summed E-state index contributed by atoms with van der Waals surface area (Å²) in [4.78, 5) is 11.5. The van der Waals surface area contributed by atoms with Gasteiger partial charge in [-0.1, -0.05) is 30.9 Å². The Balaban J connectivity index is 2.01. The van der Waals surface area contributed by atoms with Gasteiger partial charge in [-0.05, 0) is 42.8 Å². The van der Waals surface area contributed by atoms with E-state index >= 15 is 0 Å². The smallest absolute Gasteiger partial charge is 0.153 e. The first kappa shape index (κ1) is 15.7. The number of hydrogen-bond donors (Lipinski definition) is 0. The van der Waals surface area contributed by atoms with Crippen molar-refractivity contribution in [3.8, 4) is 22.7 Å². The van der Waals surface area contributed by atoms with Crippen molar-refractivity contribution in [1.82, 2.24) is 9.78 Å². The molecular formula is C20H18N2O2. The first-order valence-electron chi connectivity index (χ1n) is 7.68. The molecule has 3 aromatic rings. The van der Waals surface area contributed by atoms with E-state index in [-0.39, 0.29) is 0 Å². The topological polar surface area (TPSA) is 44.1 Å². The molecule has 0 amide bonds. The van der Waals surface area contributed by atoms with Crippen LogP contribution in [0, 0.1) is 6.92 Å². The summed E-state index contributed by atoms with van der Waals surface area (Å²) in [5.41, 5.74) is 4.05. The molecule has 0 unspecified atom stereocenters. The number of hydrogen-bond acceptors (Lipinski definition) is 3. The minimum atomic E-state index is 0.459. The van der Waals surface area contributed by atoms with E-state index < -0.39 is 0 Å². The SMILES string of the molecule is C=CCOc1ccc(-c2nn(-c3ccccc3)cc2C=O)c(C)c1. The number of benzene rings is 2. The van der Waals surface area contributed by atoms with E-state index in [1.54, 1.807) is 17.0 Å². The van der Waals surface area contributed by atoms with E-state index in [9.17, 15) is 4.79 Å². The molecule has 0 aliphatic carbocycles. The van der Waals surface area contributed by atoms with Gasteiger partial charge in [0, 0.05) is 11.8 Å². The number of aryl methyl sites for hydroxylation is 1. The molecule has 0 fully saturated rings. The second-order valence-electron chi connectivity index (χ2n) is 5.41. The maximum absolute atomic E-state index is 11.5. The van der Waals surface area contributed by atoms with Crippen LogP contribution in [0.3, 0.4) is 0 Å². The number of rotatable bonds is 6. The zero-order valence-electron chi connectivity index (χ0n) is 13.5. The standard InChI is InChI=1S/C20H18N2O2/c1-3-11-24-18-9-10-19(15(2)12-18)20-16(14-23)13-22(21-20)17-7-5-4-6-8-17/h3-10,12-14H,1,11H2,2H3. The molecule has 4 heteroatoms. The van der Waals surface area contributed by atoms with Gasteiger partial charge in [0.25, 0.3) is 0 Å². The van der Waals surface area contributed by atoms with Gasteiger partial charge in [-0.15, -0.1) is 0 Å². The monoisotopic (exact) mass is 318 g/mol. The third kappa shape index (κ3) is 3.13. The molecular weight excluding hydrogens is 300 g/mol. The number of carbonyl (C=O) groups excluding carboxylic acids is 1. The molecule has 0 saturated heterocycles. The summed E-state index contributed by atoms with van der Waals surface area (Å²) < 4.78 is 7.27. The zero-order chi connectivity index (χ0) is 16.9. The number of ether oxygens (including phenoxy) is 1. The fraction of sp³-hybridized carbons (Fsp3) is 0.100. The zero-order valence-corrected chi connectivity index (χ0v) is 13.5. The Labute approximate surface area is 141 Å². The van der Waals surface area contributed by atoms with Crippen LogP contribution in [0.2, 0.25) is 0 Å². The summed E-state index contributed by atoms with van der Waals surface area (Å²) in [7, 11) is 0. The van der Waals surface area contributed by atoms with Crippen molar-refractivity contribution in [1.29, 1.82) is 0 Å². The lowest BCUT2D eigenvalue weighted by Gasteiger charge is -2.08. The predicted octanol–water partition coefficient (Wildman–Crippen LogP) is 4.23. The van der Waals surface area contributed by atoms with Crippen molar-refractivity contribution >= 4 is 6.29 Å². The number of aromatic nitrogens is 2. The average Bonchev–Trinajstić information content (AvgIpc) is 3.05. The Kier molecular flexibility index (Phi) is 4.57. The lowest BCUT2D eigenvalue weighted by Crippen LogP contribution is -1.96. The molecule has 120 valence electrons. The predicted molar refractivity (Wildman–Crippen MR) is 94.8 cm³/mol. The number of nitrogens with zero attached hydrogens (tertiary/aromatic N) is 2. The second kappa shape index (κ2) is 6.96. The van der Waals surface area contributed by atoms with E-state index in [0.717, 1.165) is 28.8 Å². The molecule has 0 atom stereocenters. The molecule has 4 nitrogen and oxygen atoms in total. The normalized spacial score (nSPS) is 10.4. The van der Waals surface area contributed by atoms with E-state index in [4.69, 9.17) is 4.74 Å². The molecule has 0 N–H and O–H groups in total. The molecule has 0 spiro atoms. The van der Waals surface area contributed by atoms with E-state index in [0.29, 0.717) is 17.9 Å². The van der Waals surface area contributed by atoms with Crippen molar-refractivity contribution in [2.24, 2.45) is 0 Å². The van der Waals surface area contributed by atoms with Crippen LogP contribution in [-0.4, -0.2) is 22.7 Å². The molecule has 3 rings (SSSR count). The average molecular weight is 318 g/mol. The van der Waals surface area contributed by atoms with Gasteiger partial charge in [0.1, 0.15) is 18.1 Å². The lowest BCUT2D eigenvalue weighted by atomic mass is 10.0. The molecule has 1 heterocycles. The van der Waals surface area contributed by atoms with Crippen molar-refractivity contribution in [3.05, 3.63) is 78.5 Å². The highest BCUT2D eigenvalue weighted by Crippen LogP contribution is 2.28. The summed E-state index contributed by atoms with van der Waals surface area (Å²) in [5.74, 6) is 0.770. The first-order chi connectivity index (χ1) is 11.7. The van der Waals surface area contributed by atoms with E-state index in [1.807, 2.05) is 55.5 Å². The number of aldehydes is 1. The van der Waals surface area contributed by atoms with Crippen molar-refractivity contribution in [3.63, 3.8) is 0 Å². The van der Waals surface area contributed by atoms with Crippen molar-refractivity contribution in [2.45, 2.75) is 6.92 Å². The van der Waals surface area contributed by atoms with Crippen LogP contribution in [0.5, 0.6) is 5.75 Å². The third-order valence-corrected chi connectivity index (χ3v) is 3.71. The molecule has 24 heavy (non-hydrogen) atoms. The van der Waals surface area contributed by atoms with Gasteiger partial charge in [0.2, 0.25) is 0 Å². The maximum Gasteiger partial charge on any atom is 0.153 e. The Bertz CT molecular complexity index is 867. The van der Waals surface area contributed by atoms with Crippen LogP contribution in [0.15, 0.2) is 67.4 Å².